The maximum atomic E-state index is 14.5. The zero-order valence-electron chi connectivity index (χ0n) is 15.1. The van der Waals surface area contributed by atoms with E-state index >= 15 is 0 Å². The molecule has 3 heterocycles. The zero-order valence-corrected chi connectivity index (χ0v) is 15.1. The molecule has 1 atom stereocenters. The van der Waals surface area contributed by atoms with Gasteiger partial charge in [0, 0.05) is 18.4 Å². The molecule has 2 fully saturated rings. The average molecular weight is 418 g/mol. The number of hydroxylamine groups is 2. The number of alkyl halides is 3. The molecule has 12 heteroatoms. The van der Waals surface area contributed by atoms with E-state index in [1.807, 2.05) is 0 Å². The number of imide groups is 1. The van der Waals surface area contributed by atoms with Crippen LogP contribution >= 0.6 is 0 Å². The Labute approximate surface area is 162 Å². The number of piperidine rings is 2. The van der Waals surface area contributed by atoms with Crippen LogP contribution in [-0.2, 0) is 19.2 Å². The Morgan fingerprint density at radius 1 is 1.24 bits per heavy atom. The second-order valence-electron chi connectivity index (χ2n) is 6.75. The quantitative estimate of drug-likeness (QED) is 0.566. The normalized spacial score (nSPS) is 21.2. The average Bonchev–Trinajstić information content (AvgIpc) is 2.67. The maximum Gasteiger partial charge on any atom is 0.493 e. The summed E-state index contributed by atoms with van der Waals surface area (Å²) < 4.78 is 51.5. The Bertz CT molecular complexity index is 811. The lowest BCUT2D eigenvalue weighted by Gasteiger charge is -2.30. The van der Waals surface area contributed by atoms with Gasteiger partial charge in [-0.1, -0.05) is 0 Å². The number of nitrogens with zero attached hydrogens (tertiary/aromatic N) is 2. The Morgan fingerprint density at radius 2 is 1.93 bits per heavy atom. The van der Waals surface area contributed by atoms with Crippen LogP contribution in [0.15, 0.2) is 12.3 Å². The van der Waals surface area contributed by atoms with E-state index in [9.17, 15) is 31.9 Å². The van der Waals surface area contributed by atoms with Crippen LogP contribution in [0.25, 0.3) is 0 Å². The summed E-state index contributed by atoms with van der Waals surface area (Å²) in [4.78, 5) is 42.9. The molecule has 2 N–H and O–H groups in total. The number of carbonyl (C=O) groups excluding carboxylic acids is 3. The van der Waals surface area contributed by atoms with Crippen molar-refractivity contribution in [2.45, 2.75) is 43.8 Å². The molecule has 3 rings (SSSR count). The summed E-state index contributed by atoms with van der Waals surface area (Å²) >= 11 is 0. The predicted octanol–water partition coefficient (Wildman–Crippen LogP) is 1.64. The molecule has 1 aromatic rings. The first-order valence-electron chi connectivity index (χ1n) is 8.95. The molecule has 0 radical (unpaired) electrons. The number of anilines is 1. The highest BCUT2D eigenvalue weighted by Gasteiger charge is 2.46. The highest BCUT2D eigenvalue weighted by molar-refractivity contribution is 6.01. The molecule has 0 spiro atoms. The first-order chi connectivity index (χ1) is 13.7. The molecule has 2 amide bonds. The molecule has 0 aliphatic carbocycles. The molecular formula is C17H18F4N4O4. The van der Waals surface area contributed by atoms with Crippen LogP contribution in [0.2, 0.25) is 0 Å². The third kappa shape index (κ3) is 4.81. The summed E-state index contributed by atoms with van der Waals surface area (Å²) in [7, 11) is 0. The van der Waals surface area contributed by atoms with E-state index in [1.165, 1.54) is 6.20 Å². The minimum Gasteiger partial charge on any atom is -0.372 e. The van der Waals surface area contributed by atoms with Gasteiger partial charge in [-0.2, -0.15) is 13.2 Å². The van der Waals surface area contributed by atoms with Crippen molar-refractivity contribution in [3.63, 3.8) is 0 Å². The summed E-state index contributed by atoms with van der Waals surface area (Å²) in [6.07, 6.45) is -2.97. The van der Waals surface area contributed by atoms with Crippen LogP contribution in [-0.4, -0.2) is 53.1 Å². The minimum absolute atomic E-state index is 0.0310. The maximum absolute atomic E-state index is 14.5. The van der Waals surface area contributed by atoms with Crippen LogP contribution in [0.4, 0.5) is 23.2 Å². The second kappa shape index (κ2) is 8.31. The Balaban J connectivity index is 1.69. The van der Waals surface area contributed by atoms with Gasteiger partial charge in [-0.05, 0) is 32.4 Å². The first kappa shape index (κ1) is 21.0. The smallest absolute Gasteiger partial charge is 0.372 e. The fourth-order valence-corrected chi connectivity index (χ4v) is 3.25. The van der Waals surface area contributed by atoms with Crippen molar-refractivity contribution in [2.75, 3.05) is 18.4 Å². The van der Waals surface area contributed by atoms with Crippen LogP contribution in [0.1, 0.15) is 37.3 Å². The van der Waals surface area contributed by atoms with Gasteiger partial charge < -0.3 is 15.5 Å². The van der Waals surface area contributed by atoms with Crippen molar-refractivity contribution in [1.82, 2.24) is 15.4 Å². The molecule has 2 aliphatic rings. The van der Waals surface area contributed by atoms with Crippen molar-refractivity contribution >= 4 is 23.5 Å². The van der Waals surface area contributed by atoms with E-state index in [2.05, 4.69) is 20.5 Å². The van der Waals surface area contributed by atoms with Gasteiger partial charge in [-0.15, -0.1) is 5.06 Å². The largest absolute Gasteiger partial charge is 0.493 e. The number of pyridine rings is 1. The van der Waals surface area contributed by atoms with Crippen molar-refractivity contribution in [3.8, 4) is 0 Å². The standard InChI is InChI=1S/C17H18F4N4O4/c18-11-7-10(8-23-14(11)9-3-5-22-6-4-9)24-12-1-2-13(26)25(15(12)27)29-16(28)17(19,20)21/h7-9,12,22,24H,1-6H2. The van der Waals surface area contributed by atoms with E-state index in [1.54, 1.807) is 0 Å². The van der Waals surface area contributed by atoms with Crippen molar-refractivity contribution < 1.29 is 36.8 Å². The molecule has 2 aliphatic heterocycles. The van der Waals surface area contributed by atoms with Gasteiger partial charge in [-0.25, -0.2) is 9.18 Å². The van der Waals surface area contributed by atoms with Crippen LogP contribution in [0.3, 0.4) is 0 Å². The fraction of sp³-hybridized carbons (Fsp3) is 0.529. The molecule has 0 aromatic carbocycles. The molecule has 8 nitrogen and oxygen atoms in total. The number of amides is 2. The monoisotopic (exact) mass is 418 g/mol. The molecular weight excluding hydrogens is 400 g/mol. The summed E-state index contributed by atoms with van der Waals surface area (Å²) in [5.74, 6) is -5.53. The van der Waals surface area contributed by atoms with Crippen LogP contribution in [0.5, 0.6) is 0 Å². The molecule has 0 saturated carbocycles. The van der Waals surface area contributed by atoms with Crippen LogP contribution in [0, 0.1) is 5.82 Å². The van der Waals surface area contributed by atoms with E-state index in [0.717, 1.165) is 32.0 Å². The van der Waals surface area contributed by atoms with Gasteiger partial charge in [0.25, 0.3) is 11.8 Å². The highest BCUT2D eigenvalue weighted by Crippen LogP contribution is 2.28. The summed E-state index contributed by atoms with van der Waals surface area (Å²) in [5, 5.41) is 5.60. The van der Waals surface area contributed by atoms with Crippen molar-refractivity contribution in [3.05, 3.63) is 23.8 Å². The van der Waals surface area contributed by atoms with Gasteiger partial charge in [0.05, 0.1) is 17.6 Å². The van der Waals surface area contributed by atoms with Crippen molar-refractivity contribution in [1.29, 1.82) is 0 Å². The number of carbonyl (C=O) groups is 3. The van der Waals surface area contributed by atoms with E-state index in [0.29, 0.717) is 5.69 Å². The van der Waals surface area contributed by atoms with E-state index in [-0.39, 0.29) is 29.5 Å². The summed E-state index contributed by atoms with van der Waals surface area (Å²) in [6, 6.07) is -0.0418. The summed E-state index contributed by atoms with van der Waals surface area (Å²) in [6.45, 7) is 1.51. The van der Waals surface area contributed by atoms with E-state index < -0.39 is 35.8 Å². The molecule has 0 bridgehead atoms. The zero-order chi connectivity index (χ0) is 21.2. The number of hydrogen-bond acceptors (Lipinski definition) is 7. The van der Waals surface area contributed by atoms with E-state index in [4.69, 9.17) is 0 Å². The first-order valence-corrected chi connectivity index (χ1v) is 8.95. The van der Waals surface area contributed by atoms with Gasteiger partial charge in [0.1, 0.15) is 11.9 Å². The lowest BCUT2D eigenvalue weighted by molar-refractivity contribution is -0.237. The molecule has 158 valence electrons. The van der Waals surface area contributed by atoms with Gasteiger partial charge >= 0.3 is 12.1 Å². The Morgan fingerprint density at radius 3 is 2.55 bits per heavy atom. The highest BCUT2D eigenvalue weighted by atomic mass is 19.4. The predicted molar refractivity (Wildman–Crippen MR) is 89.7 cm³/mol. The number of aromatic nitrogens is 1. The number of hydrogen-bond donors (Lipinski definition) is 2. The van der Waals surface area contributed by atoms with Gasteiger partial charge in [0.15, 0.2) is 0 Å². The minimum atomic E-state index is -5.36. The molecule has 29 heavy (non-hydrogen) atoms. The second-order valence-corrected chi connectivity index (χ2v) is 6.75. The fourth-order valence-electron chi connectivity index (χ4n) is 3.25. The Kier molecular flexibility index (Phi) is 6.01. The number of halogens is 4. The van der Waals surface area contributed by atoms with Crippen molar-refractivity contribution in [2.24, 2.45) is 0 Å². The van der Waals surface area contributed by atoms with Gasteiger partial charge in [-0.3, -0.25) is 14.6 Å². The molecule has 1 aromatic heterocycles. The van der Waals surface area contributed by atoms with Crippen LogP contribution < -0.4 is 10.6 Å². The molecule has 2 saturated heterocycles. The lowest BCUT2D eigenvalue weighted by Crippen LogP contribution is -2.52. The third-order valence-corrected chi connectivity index (χ3v) is 4.71. The van der Waals surface area contributed by atoms with Gasteiger partial charge in [0.2, 0.25) is 0 Å². The lowest BCUT2D eigenvalue weighted by atomic mass is 9.94. The number of nitrogens with one attached hydrogen (secondary N) is 2. The number of rotatable bonds is 4. The Hall–Kier alpha value is -2.76. The molecule has 1 unspecified atom stereocenters. The summed E-state index contributed by atoms with van der Waals surface area (Å²) in [5.41, 5.74) is 0.429. The SMILES string of the molecule is O=C1CCC(Nc2cnc(C3CCNCC3)c(F)c2)C(=O)N1OC(=O)C(F)(F)F. The third-order valence-electron chi connectivity index (χ3n) is 4.71. The topological polar surface area (TPSA) is 101 Å².